The second kappa shape index (κ2) is 8.49. The summed E-state index contributed by atoms with van der Waals surface area (Å²) in [5.41, 5.74) is 2.38. The van der Waals surface area contributed by atoms with Gasteiger partial charge in [-0.2, -0.15) is 5.10 Å². The first-order chi connectivity index (χ1) is 14.2. The number of amides is 1. The summed E-state index contributed by atoms with van der Waals surface area (Å²) in [4.78, 5) is 38.0. The molecule has 0 aliphatic carbocycles. The Morgan fingerprint density at radius 1 is 1.03 bits per heavy atom. The van der Waals surface area contributed by atoms with E-state index in [1.54, 1.807) is 38.1 Å². The zero-order chi connectivity index (χ0) is 22.0. The third-order valence-electron chi connectivity index (χ3n) is 4.80. The molecule has 0 bridgehead atoms. The highest BCUT2D eigenvalue weighted by Crippen LogP contribution is 2.18. The Morgan fingerprint density at radius 2 is 1.70 bits per heavy atom. The van der Waals surface area contributed by atoms with Crippen molar-refractivity contribution in [3.63, 3.8) is 0 Å². The van der Waals surface area contributed by atoms with Crippen LogP contribution in [-0.2, 0) is 9.53 Å². The lowest BCUT2D eigenvalue weighted by Crippen LogP contribution is -2.32. The number of esters is 1. The number of carbonyl (C=O) groups is 2. The molecule has 3 aromatic rings. The molecule has 1 amide bonds. The third-order valence-corrected chi connectivity index (χ3v) is 4.80. The van der Waals surface area contributed by atoms with Crippen molar-refractivity contribution in [2.75, 3.05) is 5.32 Å². The summed E-state index contributed by atoms with van der Waals surface area (Å²) in [6.07, 6.45) is -1.04. The molecule has 1 unspecified atom stereocenters. The van der Waals surface area contributed by atoms with E-state index in [9.17, 15) is 14.4 Å². The van der Waals surface area contributed by atoms with Gasteiger partial charge in [0.25, 0.3) is 11.5 Å². The molecular weight excluding hydrogens is 382 g/mol. The second-order valence-corrected chi connectivity index (χ2v) is 7.59. The first kappa shape index (κ1) is 21.2. The van der Waals surface area contributed by atoms with E-state index in [1.165, 1.54) is 11.6 Å². The number of fused-ring (bicyclic) bond motifs is 1. The molecular formula is C23H25N3O4. The molecule has 0 saturated carbocycles. The highest BCUT2D eigenvalue weighted by molar-refractivity contribution is 6.03. The van der Waals surface area contributed by atoms with Gasteiger partial charge < -0.3 is 10.1 Å². The number of hydrogen-bond acceptors (Lipinski definition) is 5. The number of ether oxygens (including phenoxy) is 1. The van der Waals surface area contributed by atoms with E-state index in [-0.39, 0.29) is 17.3 Å². The van der Waals surface area contributed by atoms with Gasteiger partial charge in [-0.05, 0) is 52.3 Å². The first-order valence-corrected chi connectivity index (χ1v) is 9.79. The average molecular weight is 407 g/mol. The predicted octanol–water partition coefficient (Wildman–Crippen LogP) is 3.78. The molecule has 2 aromatic carbocycles. The third kappa shape index (κ3) is 4.25. The van der Waals surface area contributed by atoms with Crippen LogP contribution in [0.2, 0.25) is 0 Å². The highest BCUT2D eigenvalue weighted by Gasteiger charge is 2.24. The molecule has 7 nitrogen and oxygen atoms in total. The van der Waals surface area contributed by atoms with Crippen LogP contribution in [-0.4, -0.2) is 27.8 Å². The molecule has 0 spiro atoms. The number of nitrogens with one attached hydrogen (secondary N) is 1. The van der Waals surface area contributed by atoms with Crippen molar-refractivity contribution in [2.45, 2.75) is 46.8 Å². The van der Waals surface area contributed by atoms with Gasteiger partial charge in [-0.1, -0.05) is 35.9 Å². The van der Waals surface area contributed by atoms with Crippen LogP contribution in [0.5, 0.6) is 0 Å². The Hall–Kier alpha value is -3.48. The SMILES string of the molecule is Cc1ccc(NC(=O)C(C)OC(=O)c2nn(C(C)C)c(=O)c3ccccc23)c(C)c1. The number of aromatic nitrogens is 2. The average Bonchev–Trinajstić information content (AvgIpc) is 2.70. The second-order valence-electron chi connectivity index (χ2n) is 7.59. The van der Waals surface area contributed by atoms with Crippen LogP contribution < -0.4 is 10.9 Å². The molecule has 0 aliphatic rings. The fraction of sp³-hybridized carbons (Fsp3) is 0.304. The van der Waals surface area contributed by atoms with Gasteiger partial charge >= 0.3 is 5.97 Å². The minimum absolute atomic E-state index is 0.00469. The highest BCUT2D eigenvalue weighted by atomic mass is 16.5. The van der Waals surface area contributed by atoms with Crippen LogP contribution >= 0.6 is 0 Å². The summed E-state index contributed by atoms with van der Waals surface area (Å²) in [6.45, 7) is 8.97. The lowest BCUT2D eigenvalue weighted by molar-refractivity contribution is -0.123. The molecule has 0 aliphatic heterocycles. The Morgan fingerprint density at radius 3 is 2.33 bits per heavy atom. The number of aryl methyl sites for hydroxylation is 2. The van der Waals surface area contributed by atoms with Gasteiger partial charge in [-0.15, -0.1) is 0 Å². The van der Waals surface area contributed by atoms with Crippen molar-refractivity contribution < 1.29 is 14.3 Å². The molecule has 0 saturated heterocycles. The number of carbonyl (C=O) groups excluding carboxylic acids is 2. The van der Waals surface area contributed by atoms with Crippen LogP contribution in [0.4, 0.5) is 5.69 Å². The number of benzene rings is 2. The summed E-state index contributed by atoms with van der Waals surface area (Å²) >= 11 is 0. The summed E-state index contributed by atoms with van der Waals surface area (Å²) in [5, 5.41) is 7.77. The minimum Gasteiger partial charge on any atom is -0.448 e. The Kier molecular flexibility index (Phi) is 6.01. The Bertz CT molecular complexity index is 1180. The molecule has 1 heterocycles. The zero-order valence-electron chi connectivity index (χ0n) is 17.7. The molecule has 1 atom stereocenters. The quantitative estimate of drug-likeness (QED) is 0.650. The van der Waals surface area contributed by atoms with E-state index in [4.69, 9.17) is 4.74 Å². The fourth-order valence-electron chi connectivity index (χ4n) is 3.17. The van der Waals surface area contributed by atoms with Crippen LogP contribution in [0.3, 0.4) is 0 Å². The summed E-state index contributed by atoms with van der Waals surface area (Å²) in [6, 6.07) is 12.2. The van der Waals surface area contributed by atoms with Crippen LogP contribution in [0.25, 0.3) is 10.8 Å². The van der Waals surface area contributed by atoms with Crippen LogP contribution in [0.1, 0.15) is 48.4 Å². The molecule has 1 aromatic heterocycles. The molecule has 156 valence electrons. The maximum atomic E-state index is 12.8. The predicted molar refractivity (Wildman–Crippen MR) is 116 cm³/mol. The maximum absolute atomic E-state index is 12.8. The van der Waals surface area contributed by atoms with E-state index < -0.39 is 18.0 Å². The van der Waals surface area contributed by atoms with E-state index in [1.807, 2.05) is 32.0 Å². The standard InChI is InChI=1S/C23H25N3O4/c1-13(2)26-22(28)18-9-7-6-8-17(18)20(25-26)23(29)30-16(5)21(27)24-19-11-10-14(3)12-15(19)4/h6-13,16H,1-5H3,(H,24,27). The fourth-order valence-corrected chi connectivity index (χ4v) is 3.17. The smallest absolute Gasteiger partial charge is 0.360 e. The molecule has 1 N–H and O–H groups in total. The van der Waals surface area contributed by atoms with Crippen molar-refractivity contribution in [1.29, 1.82) is 0 Å². The largest absolute Gasteiger partial charge is 0.448 e. The molecule has 3 rings (SSSR count). The first-order valence-electron chi connectivity index (χ1n) is 9.79. The number of hydrogen-bond donors (Lipinski definition) is 1. The lowest BCUT2D eigenvalue weighted by Gasteiger charge is -2.16. The monoisotopic (exact) mass is 407 g/mol. The summed E-state index contributed by atoms with van der Waals surface area (Å²) in [7, 11) is 0. The van der Waals surface area contributed by atoms with Gasteiger partial charge in [0.1, 0.15) is 0 Å². The summed E-state index contributed by atoms with van der Waals surface area (Å²) < 4.78 is 6.64. The van der Waals surface area contributed by atoms with Gasteiger partial charge in [0.15, 0.2) is 11.8 Å². The number of anilines is 1. The van der Waals surface area contributed by atoms with E-state index in [0.717, 1.165) is 11.1 Å². The maximum Gasteiger partial charge on any atom is 0.360 e. The van der Waals surface area contributed by atoms with Crippen molar-refractivity contribution in [3.05, 3.63) is 69.6 Å². The van der Waals surface area contributed by atoms with E-state index in [0.29, 0.717) is 16.5 Å². The van der Waals surface area contributed by atoms with Crippen LogP contribution in [0, 0.1) is 13.8 Å². The van der Waals surface area contributed by atoms with Gasteiger partial charge in [-0.25, -0.2) is 9.48 Å². The molecule has 0 radical (unpaired) electrons. The van der Waals surface area contributed by atoms with Crippen molar-refractivity contribution in [3.8, 4) is 0 Å². The topological polar surface area (TPSA) is 90.3 Å². The lowest BCUT2D eigenvalue weighted by atomic mass is 10.1. The van der Waals surface area contributed by atoms with E-state index in [2.05, 4.69) is 10.4 Å². The zero-order valence-corrected chi connectivity index (χ0v) is 17.7. The number of rotatable bonds is 5. The normalized spacial score (nSPS) is 12.1. The van der Waals surface area contributed by atoms with Gasteiger partial charge in [0.2, 0.25) is 0 Å². The van der Waals surface area contributed by atoms with Gasteiger partial charge in [0.05, 0.1) is 11.4 Å². The van der Waals surface area contributed by atoms with Crippen LogP contribution in [0.15, 0.2) is 47.3 Å². The van der Waals surface area contributed by atoms with Crippen molar-refractivity contribution >= 4 is 28.3 Å². The van der Waals surface area contributed by atoms with Gasteiger partial charge in [0, 0.05) is 11.1 Å². The number of nitrogens with zero attached hydrogens (tertiary/aromatic N) is 2. The molecule has 30 heavy (non-hydrogen) atoms. The Balaban J connectivity index is 1.86. The summed E-state index contributed by atoms with van der Waals surface area (Å²) in [5.74, 6) is -1.21. The molecule has 7 heteroatoms. The van der Waals surface area contributed by atoms with Crippen molar-refractivity contribution in [2.24, 2.45) is 0 Å². The Labute approximate surface area is 174 Å². The molecule has 0 fully saturated rings. The van der Waals surface area contributed by atoms with E-state index >= 15 is 0 Å². The minimum atomic E-state index is -1.04. The van der Waals surface area contributed by atoms with Crippen molar-refractivity contribution in [1.82, 2.24) is 9.78 Å². The van der Waals surface area contributed by atoms with Gasteiger partial charge in [-0.3, -0.25) is 9.59 Å².